The number of aromatic nitrogens is 1. The summed E-state index contributed by atoms with van der Waals surface area (Å²) < 4.78 is 5.96. The van der Waals surface area contributed by atoms with E-state index in [-0.39, 0.29) is 5.92 Å². The minimum Gasteiger partial charge on any atom is -0.491 e. The molecule has 0 N–H and O–H groups in total. The Balaban J connectivity index is 1.72. The molecular formula is C19H23ClN2O2. The zero-order chi connectivity index (χ0) is 17.0. The molecule has 1 aliphatic heterocycles. The Hall–Kier alpha value is -1.68. The number of nitrogens with zero attached hydrogens (tertiary/aromatic N) is 2. The fourth-order valence-corrected chi connectivity index (χ4v) is 4.17. The molecule has 2 heterocycles. The summed E-state index contributed by atoms with van der Waals surface area (Å²) in [6.45, 7) is 2.57. The molecule has 4 unspecified atom stereocenters. The third-order valence-corrected chi connectivity index (χ3v) is 5.48. The third kappa shape index (κ3) is 3.69. The fraction of sp³-hybridized carbons (Fsp3) is 0.526. The van der Waals surface area contributed by atoms with E-state index in [2.05, 4.69) is 16.1 Å². The summed E-state index contributed by atoms with van der Waals surface area (Å²) in [4.78, 5) is 19.0. The van der Waals surface area contributed by atoms with Crippen molar-refractivity contribution in [2.75, 3.05) is 6.61 Å². The van der Waals surface area contributed by atoms with Crippen LogP contribution in [0.25, 0.3) is 0 Å². The molecule has 0 bridgehead atoms. The van der Waals surface area contributed by atoms with Crippen molar-refractivity contribution in [1.82, 2.24) is 4.98 Å². The Morgan fingerprint density at radius 2 is 2.25 bits per heavy atom. The quantitative estimate of drug-likeness (QED) is 0.454. The first-order chi connectivity index (χ1) is 11.6. The first kappa shape index (κ1) is 17.2. The number of ether oxygens (including phenoxy) is 1. The third-order valence-electron chi connectivity index (χ3n) is 5.13. The normalized spacial score (nSPS) is 32.5. The maximum absolute atomic E-state index is 11.1. The molecular weight excluding hydrogens is 324 g/mol. The van der Waals surface area contributed by atoms with E-state index in [1.807, 2.05) is 13.0 Å². The number of allylic oxidation sites excluding steroid dienone is 1. The van der Waals surface area contributed by atoms with Crippen LogP contribution in [0.5, 0.6) is 5.75 Å². The van der Waals surface area contributed by atoms with Gasteiger partial charge in [-0.05, 0) is 49.8 Å². The summed E-state index contributed by atoms with van der Waals surface area (Å²) in [7, 11) is 0. The van der Waals surface area contributed by atoms with E-state index in [4.69, 9.17) is 16.3 Å². The van der Waals surface area contributed by atoms with Gasteiger partial charge in [0.15, 0.2) is 6.29 Å². The molecule has 3 rings (SSSR count). The lowest BCUT2D eigenvalue weighted by atomic mass is 9.70. The Bertz CT molecular complexity index is 642. The second-order valence-corrected chi connectivity index (χ2v) is 7.50. The highest BCUT2D eigenvalue weighted by atomic mass is 35.5. The lowest BCUT2D eigenvalue weighted by Gasteiger charge is -2.41. The Kier molecular flexibility index (Phi) is 5.34. The van der Waals surface area contributed by atoms with E-state index >= 15 is 0 Å². The van der Waals surface area contributed by atoms with Gasteiger partial charge >= 0.3 is 0 Å². The van der Waals surface area contributed by atoms with Crippen molar-refractivity contribution in [3.05, 3.63) is 36.2 Å². The van der Waals surface area contributed by atoms with Gasteiger partial charge in [-0.15, -0.1) is 0 Å². The van der Waals surface area contributed by atoms with Crippen molar-refractivity contribution in [2.24, 2.45) is 22.7 Å². The molecule has 0 saturated heterocycles. The van der Waals surface area contributed by atoms with Crippen LogP contribution in [0.3, 0.4) is 0 Å². The highest BCUT2D eigenvalue weighted by Gasteiger charge is 2.41. The van der Waals surface area contributed by atoms with E-state index in [1.165, 1.54) is 12.8 Å². The number of carbonyl (C=O) groups is 1. The van der Waals surface area contributed by atoms with Gasteiger partial charge in [0.1, 0.15) is 16.4 Å². The number of carbonyl (C=O) groups excluding carboxylic acids is 1. The van der Waals surface area contributed by atoms with Crippen LogP contribution >= 0.6 is 11.6 Å². The maximum Gasteiger partial charge on any atom is 0.172 e. The highest BCUT2D eigenvalue weighted by molar-refractivity contribution is 6.24. The van der Waals surface area contributed by atoms with E-state index in [1.54, 1.807) is 24.5 Å². The second-order valence-electron chi connectivity index (χ2n) is 6.74. The Labute approximate surface area is 148 Å². The second kappa shape index (κ2) is 7.47. The number of rotatable bonds is 5. The first-order valence-electron chi connectivity index (χ1n) is 8.56. The number of hydrogen-bond donors (Lipinski definition) is 0. The van der Waals surface area contributed by atoms with Gasteiger partial charge in [0.2, 0.25) is 0 Å². The van der Waals surface area contributed by atoms with Crippen LogP contribution < -0.4 is 4.74 Å². The van der Waals surface area contributed by atoms with Gasteiger partial charge in [0.25, 0.3) is 0 Å². The van der Waals surface area contributed by atoms with Gasteiger partial charge in [-0.25, -0.2) is 4.98 Å². The number of dihydropyridines is 1. The van der Waals surface area contributed by atoms with Gasteiger partial charge in [0.05, 0.1) is 6.61 Å². The SMILES string of the molecule is CC1(Cl)N=CC=CC1C1CCCCC1COc1cccnc1C=O. The molecule has 2 aliphatic rings. The molecule has 0 radical (unpaired) electrons. The predicted octanol–water partition coefficient (Wildman–Crippen LogP) is 4.29. The van der Waals surface area contributed by atoms with Gasteiger partial charge in [-0.3, -0.25) is 9.79 Å². The molecule has 0 amide bonds. The molecule has 24 heavy (non-hydrogen) atoms. The lowest BCUT2D eigenvalue weighted by Crippen LogP contribution is -2.39. The zero-order valence-corrected chi connectivity index (χ0v) is 14.7. The van der Waals surface area contributed by atoms with Gasteiger partial charge < -0.3 is 4.74 Å². The average Bonchev–Trinajstić information content (AvgIpc) is 2.60. The van der Waals surface area contributed by atoms with Crippen molar-refractivity contribution in [3.63, 3.8) is 0 Å². The smallest absolute Gasteiger partial charge is 0.172 e. The number of pyridine rings is 1. The van der Waals surface area contributed by atoms with Crippen molar-refractivity contribution in [2.45, 2.75) is 37.6 Å². The first-order valence-corrected chi connectivity index (χ1v) is 8.93. The summed E-state index contributed by atoms with van der Waals surface area (Å²) in [6.07, 6.45) is 13.0. The summed E-state index contributed by atoms with van der Waals surface area (Å²) in [5.74, 6) is 1.60. The number of halogens is 1. The van der Waals surface area contributed by atoms with Gasteiger partial charge in [-0.2, -0.15) is 0 Å². The number of aliphatic imine (C=N–C) groups is 1. The van der Waals surface area contributed by atoms with Crippen LogP contribution in [0.1, 0.15) is 43.1 Å². The maximum atomic E-state index is 11.1. The van der Waals surface area contributed by atoms with Crippen molar-refractivity contribution in [3.8, 4) is 5.75 Å². The van der Waals surface area contributed by atoms with Crippen molar-refractivity contribution < 1.29 is 9.53 Å². The summed E-state index contributed by atoms with van der Waals surface area (Å²) in [5.41, 5.74) is 0.356. The van der Waals surface area contributed by atoms with Crippen molar-refractivity contribution in [1.29, 1.82) is 0 Å². The van der Waals surface area contributed by atoms with Crippen molar-refractivity contribution >= 4 is 24.1 Å². The zero-order valence-electron chi connectivity index (χ0n) is 13.9. The van der Waals surface area contributed by atoms with Crippen LogP contribution in [-0.2, 0) is 0 Å². The standard InChI is InChI=1S/C19H23ClN2O2/c1-19(20)16(8-4-11-22-19)15-7-3-2-6-14(15)13-24-18-9-5-10-21-17(18)12-23/h4-5,8-12,14-16H,2-3,6-7,13H2,1H3. The summed E-state index contributed by atoms with van der Waals surface area (Å²) >= 11 is 6.66. The largest absolute Gasteiger partial charge is 0.491 e. The van der Waals surface area contributed by atoms with Crippen LogP contribution in [0.15, 0.2) is 35.5 Å². The fourth-order valence-electron chi connectivity index (χ4n) is 3.88. The van der Waals surface area contributed by atoms with Crippen LogP contribution in [0.2, 0.25) is 0 Å². The monoisotopic (exact) mass is 346 g/mol. The van der Waals surface area contributed by atoms with E-state index in [0.29, 0.717) is 29.9 Å². The molecule has 1 saturated carbocycles. The molecule has 1 aliphatic carbocycles. The summed E-state index contributed by atoms with van der Waals surface area (Å²) in [5, 5.41) is 0. The average molecular weight is 347 g/mol. The minimum absolute atomic E-state index is 0.206. The number of hydrogen-bond acceptors (Lipinski definition) is 4. The summed E-state index contributed by atoms with van der Waals surface area (Å²) in [6, 6.07) is 3.58. The Morgan fingerprint density at radius 1 is 1.42 bits per heavy atom. The van der Waals surface area contributed by atoms with Crippen LogP contribution in [0.4, 0.5) is 0 Å². The lowest BCUT2D eigenvalue weighted by molar-refractivity contribution is 0.104. The number of alkyl halides is 1. The van der Waals surface area contributed by atoms with E-state index in [0.717, 1.165) is 19.1 Å². The molecule has 0 aromatic carbocycles. The Morgan fingerprint density at radius 3 is 3.04 bits per heavy atom. The molecule has 4 atom stereocenters. The number of aldehydes is 1. The molecule has 5 heteroatoms. The van der Waals surface area contributed by atoms with E-state index in [9.17, 15) is 4.79 Å². The van der Waals surface area contributed by atoms with E-state index < -0.39 is 5.00 Å². The molecule has 1 aromatic heterocycles. The van der Waals surface area contributed by atoms with Gasteiger partial charge in [0, 0.05) is 18.3 Å². The predicted molar refractivity (Wildman–Crippen MR) is 95.9 cm³/mol. The van der Waals surface area contributed by atoms with Gasteiger partial charge in [-0.1, -0.05) is 30.5 Å². The molecule has 1 fully saturated rings. The molecule has 128 valence electrons. The highest BCUT2D eigenvalue weighted by Crippen LogP contribution is 2.44. The minimum atomic E-state index is -0.586. The topological polar surface area (TPSA) is 51.6 Å². The van der Waals surface area contributed by atoms with Crippen LogP contribution in [-0.4, -0.2) is 29.1 Å². The molecule has 0 spiro atoms. The molecule has 1 aromatic rings. The molecule has 4 nitrogen and oxygen atoms in total. The van der Waals surface area contributed by atoms with Crippen LogP contribution in [0, 0.1) is 17.8 Å².